The lowest BCUT2D eigenvalue weighted by atomic mass is 10.2. The van der Waals surface area contributed by atoms with Gasteiger partial charge in [-0.3, -0.25) is 5.10 Å². The maximum Gasteiger partial charge on any atom is 0.296 e. The molecule has 0 saturated carbocycles. The van der Waals surface area contributed by atoms with E-state index in [1.54, 1.807) is 12.1 Å². The van der Waals surface area contributed by atoms with Gasteiger partial charge in [0.05, 0.1) is 10.0 Å². The largest absolute Gasteiger partial charge is 0.296 e. The standard InChI is InChI=1S/C10H7Cl2F2N3S/c11-6-2-1-5(3-7(6)12)4-18-10-15-9(8(13)14)16-17-10/h1-3,8H,4H2,(H,15,16,17). The predicted octanol–water partition coefficient (Wildman–Crippen LogP) is 4.34. The Balaban J connectivity index is 2.00. The third-order valence-electron chi connectivity index (χ3n) is 2.04. The SMILES string of the molecule is FC(F)c1nc(SCc2ccc(Cl)c(Cl)c2)n[nH]1. The Bertz CT molecular complexity index is 548. The van der Waals surface area contributed by atoms with E-state index >= 15 is 0 Å². The van der Waals surface area contributed by atoms with Crippen LogP contribution in [0.1, 0.15) is 17.8 Å². The van der Waals surface area contributed by atoms with Gasteiger partial charge >= 0.3 is 0 Å². The van der Waals surface area contributed by atoms with E-state index in [4.69, 9.17) is 23.2 Å². The second-order valence-corrected chi connectivity index (χ2v) is 5.10. The highest BCUT2D eigenvalue weighted by Gasteiger charge is 2.13. The molecule has 18 heavy (non-hydrogen) atoms. The summed E-state index contributed by atoms with van der Waals surface area (Å²) in [5, 5.41) is 7.07. The molecule has 0 saturated heterocycles. The van der Waals surface area contributed by atoms with Crippen LogP contribution in [-0.2, 0) is 5.75 Å². The zero-order valence-corrected chi connectivity index (χ0v) is 11.2. The molecule has 0 aliphatic carbocycles. The third kappa shape index (κ3) is 3.34. The summed E-state index contributed by atoms with van der Waals surface area (Å²) in [6.07, 6.45) is -2.64. The van der Waals surface area contributed by atoms with Crippen LogP contribution >= 0.6 is 35.0 Å². The van der Waals surface area contributed by atoms with Crippen LogP contribution in [-0.4, -0.2) is 15.2 Å². The van der Waals surface area contributed by atoms with Crippen molar-refractivity contribution >= 4 is 35.0 Å². The molecule has 96 valence electrons. The van der Waals surface area contributed by atoms with Crippen molar-refractivity contribution < 1.29 is 8.78 Å². The highest BCUT2D eigenvalue weighted by molar-refractivity contribution is 7.98. The van der Waals surface area contributed by atoms with E-state index in [0.29, 0.717) is 15.8 Å². The molecule has 0 unspecified atom stereocenters. The maximum atomic E-state index is 12.3. The number of alkyl halides is 2. The smallest absolute Gasteiger partial charge is 0.257 e. The van der Waals surface area contributed by atoms with Crippen LogP contribution in [0.25, 0.3) is 0 Å². The number of H-pyrrole nitrogens is 1. The van der Waals surface area contributed by atoms with Crippen LogP contribution < -0.4 is 0 Å². The highest BCUT2D eigenvalue weighted by atomic mass is 35.5. The summed E-state index contributed by atoms with van der Waals surface area (Å²) in [4.78, 5) is 3.65. The first-order chi connectivity index (χ1) is 8.56. The van der Waals surface area contributed by atoms with E-state index in [1.807, 2.05) is 6.07 Å². The average Bonchev–Trinajstić information content (AvgIpc) is 2.79. The van der Waals surface area contributed by atoms with Crippen LogP contribution in [0.2, 0.25) is 10.0 Å². The first kappa shape index (κ1) is 13.6. The van der Waals surface area contributed by atoms with Crippen LogP contribution in [0.4, 0.5) is 8.78 Å². The van der Waals surface area contributed by atoms with Crippen LogP contribution in [0.15, 0.2) is 23.4 Å². The molecule has 8 heteroatoms. The van der Waals surface area contributed by atoms with Crippen molar-refractivity contribution in [2.45, 2.75) is 17.3 Å². The fourth-order valence-corrected chi connectivity index (χ4v) is 2.27. The number of aromatic amines is 1. The quantitative estimate of drug-likeness (QED) is 0.854. The van der Waals surface area contributed by atoms with Crippen molar-refractivity contribution in [3.8, 4) is 0 Å². The molecule has 3 nitrogen and oxygen atoms in total. The van der Waals surface area contributed by atoms with E-state index in [1.165, 1.54) is 11.8 Å². The van der Waals surface area contributed by atoms with Crippen molar-refractivity contribution in [2.75, 3.05) is 0 Å². The topological polar surface area (TPSA) is 41.6 Å². The molecule has 0 atom stereocenters. The highest BCUT2D eigenvalue weighted by Crippen LogP contribution is 2.26. The number of thioether (sulfide) groups is 1. The van der Waals surface area contributed by atoms with Gasteiger partial charge in [-0.15, -0.1) is 5.10 Å². The van der Waals surface area contributed by atoms with Gasteiger partial charge < -0.3 is 0 Å². The molecular formula is C10H7Cl2F2N3S. The number of nitrogens with one attached hydrogen (secondary N) is 1. The maximum absolute atomic E-state index is 12.3. The van der Waals surface area contributed by atoms with Gasteiger partial charge in [0.1, 0.15) is 0 Å². The zero-order chi connectivity index (χ0) is 13.1. The Labute approximate surface area is 116 Å². The summed E-state index contributed by atoms with van der Waals surface area (Å²) in [6.45, 7) is 0. The van der Waals surface area contributed by atoms with Crippen molar-refractivity contribution in [3.63, 3.8) is 0 Å². The Morgan fingerprint density at radius 2 is 2.06 bits per heavy atom. The molecule has 1 heterocycles. The Hall–Kier alpha value is -0.850. The van der Waals surface area contributed by atoms with Crippen LogP contribution in [0.5, 0.6) is 0 Å². The van der Waals surface area contributed by atoms with E-state index in [2.05, 4.69) is 15.2 Å². The Morgan fingerprint density at radius 1 is 1.28 bits per heavy atom. The van der Waals surface area contributed by atoms with E-state index in [-0.39, 0.29) is 5.16 Å². The van der Waals surface area contributed by atoms with Crippen LogP contribution in [0.3, 0.4) is 0 Å². The van der Waals surface area contributed by atoms with Crippen molar-refractivity contribution in [3.05, 3.63) is 39.6 Å². The summed E-state index contributed by atoms with van der Waals surface area (Å²) in [5.74, 6) is 0.101. The average molecular weight is 310 g/mol. The number of halogens is 4. The molecule has 1 aromatic carbocycles. The summed E-state index contributed by atoms with van der Waals surface area (Å²) < 4.78 is 24.5. The van der Waals surface area contributed by atoms with Gasteiger partial charge in [0, 0.05) is 5.75 Å². The molecule has 2 rings (SSSR count). The van der Waals surface area contributed by atoms with Gasteiger partial charge in [-0.25, -0.2) is 13.8 Å². The number of rotatable bonds is 4. The molecule has 0 spiro atoms. The summed E-state index contributed by atoms with van der Waals surface area (Å²) in [7, 11) is 0. The molecule has 1 aromatic heterocycles. The normalized spacial score (nSPS) is 11.2. The third-order valence-corrected chi connectivity index (χ3v) is 3.70. The first-order valence-corrected chi connectivity index (χ1v) is 6.57. The van der Waals surface area contributed by atoms with Gasteiger partial charge in [0.25, 0.3) is 6.43 Å². The lowest BCUT2D eigenvalue weighted by Crippen LogP contribution is -1.86. The van der Waals surface area contributed by atoms with Crippen LogP contribution in [0, 0.1) is 0 Å². The number of benzene rings is 1. The van der Waals surface area contributed by atoms with Crippen molar-refractivity contribution in [2.24, 2.45) is 0 Å². The summed E-state index contributed by atoms with van der Waals surface area (Å²) in [5.41, 5.74) is 0.915. The second-order valence-electron chi connectivity index (χ2n) is 3.34. The molecule has 0 bridgehead atoms. The number of nitrogens with zero attached hydrogens (tertiary/aromatic N) is 2. The number of hydrogen-bond acceptors (Lipinski definition) is 3. The van der Waals surface area contributed by atoms with Crippen molar-refractivity contribution in [1.29, 1.82) is 0 Å². The van der Waals surface area contributed by atoms with E-state index < -0.39 is 12.2 Å². The Kier molecular flexibility index (Phi) is 4.42. The van der Waals surface area contributed by atoms with Gasteiger partial charge in [-0.2, -0.15) is 0 Å². The predicted molar refractivity (Wildman–Crippen MR) is 67.4 cm³/mol. The molecule has 2 aromatic rings. The van der Waals surface area contributed by atoms with Gasteiger partial charge in [-0.1, -0.05) is 41.0 Å². The lowest BCUT2D eigenvalue weighted by Gasteiger charge is -2.00. The zero-order valence-electron chi connectivity index (χ0n) is 8.83. The van der Waals surface area contributed by atoms with E-state index in [0.717, 1.165) is 5.56 Å². The molecule has 0 aliphatic rings. The minimum atomic E-state index is -2.64. The first-order valence-electron chi connectivity index (χ1n) is 4.83. The lowest BCUT2D eigenvalue weighted by molar-refractivity contribution is 0.140. The molecule has 0 radical (unpaired) electrons. The van der Waals surface area contributed by atoms with Gasteiger partial charge in [0.15, 0.2) is 5.82 Å². The summed E-state index contributed by atoms with van der Waals surface area (Å²) in [6, 6.07) is 5.21. The molecule has 0 aliphatic heterocycles. The number of hydrogen-bond donors (Lipinski definition) is 1. The second kappa shape index (κ2) is 5.86. The minimum Gasteiger partial charge on any atom is -0.257 e. The fourth-order valence-electron chi connectivity index (χ4n) is 1.20. The molecule has 1 N–H and O–H groups in total. The number of aromatic nitrogens is 3. The van der Waals surface area contributed by atoms with E-state index in [9.17, 15) is 8.78 Å². The van der Waals surface area contributed by atoms with Gasteiger partial charge in [0.2, 0.25) is 5.16 Å². The molecular weight excluding hydrogens is 303 g/mol. The summed E-state index contributed by atoms with van der Waals surface area (Å²) >= 11 is 12.9. The van der Waals surface area contributed by atoms with Crippen molar-refractivity contribution in [1.82, 2.24) is 15.2 Å². The molecule has 0 fully saturated rings. The monoisotopic (exact) mass is 309 g/mol. The molecule has 0 amide bonds. The minimum absolute atomic E-state index is 0.274. The van der Waals surface area contributed by atoms with Gasteiger partial charge in [-0.05, 0) is 17.7 Å². The Morgan fingerprint density at radius 3 is 2.67 bits per heavy atom. The fraction of sp³-hybridized carbons (Fsp3) is 0.200.